The summed E-state index contributed by atoms with van der Waals surface area (Å²) in [4.78, 5) is 26.9. The second kappa shape index (κ2) is 13.4. The van der Waals surface area contributed by atoms with Gasteiger partial charge in [-0.15, -0.1) is 0 Å². The van der Waals surface area contributed by atoms with E-state index in [1.165, 1.54) is 49.7 Å². The summed E-state index contributed by atoms with van der Waals surface area (Å²) in [5.74, 6) is 4.02. The summed E-state index contributed by atoms with van der Waals surface area (Å²) in [7, 11) is 0. The van der Waals surface area contributed by atoms with Crippen LogP contribution in [-0.2, 0) is 12.8 Å². The summed E-state index contributed by atoms with van der Waals surface area (Å²) in [5.41, 5.74) is 7.60. The third-order valence-electron chi connectivity index (χ3n) is 11.2. The van der Waals surface area contributed by atoms with Crippen LogP contribution < -0.4 is 4.74 Å². The van der Waals surface area contributed by atoms with Gasteiger partial charge in [-0.3, -0.25) is 9.59 Å². The van der Waals surface area contributed by atoms with E-state index in [0.29, 0.717) is 18.3 Å². The van der Waals surface area contributed by atoms with Crippen molar-refractivity contribution in [2.45, 2.75) is 104 Å². The van der Waals surface area contributed by atoms with Gasteiger partial charge in [0.05, 0.1) is 6.61 Å². The number of ether oxygens (including phenoxy) is 1. The Bertz CT molecular complexity index is 1490. The Morgan fingerprint density at radius 3 is 2.34 bits per heavy atom. The Kier molecular flexibility index (Phi) is 9.40. The van der Waals surface area contributed by atoms with E-state index in [-0.39, 0.29) is 23.5 Å². The van der Waals surface area contributed by atoms with Crippen LogP contribution in [0.3, 0.4) is 0 Å². The van der Waals surface area contributed by atoms with Gasteiger partial charge in [0.1, 0.15) is 5.75 Å². The fourth-order valence-corrected chi connectivity index (χ4v) is 8.47. The van der Waals surface area contributed by atoms with Gasteiger partial charge in [-0.2, -0.15) is 0 Å². The molecule has 3 aliphatic rings. The van der Waals surface area contributed by atoms with Crippen molar-refractivity contribution in [2.75, 3.05) is 6.61 Å². The highest BCUT2D eigenvalue weighted by Gasteiger charge is 2.33. The smallest absolute Gasteiger partial charge is 0.170 e. The monoisotopic (exact) mass is 590 g/mol. The lowest BCUT2D eigenvalue weighted by atomic mass is 9.78. The molecule has 0 bridgehead atoms. The maximum atomic E-state index is 13.6. The highest BCUT2D eigenvalue weighted by molar-refractivity contribution is 6.03. The van der Waals surface area contributed by atoms with E-state index >= 15 is 0 Å². The molecule has 3 aromatic rings. The Labute approximate surface area is 264 Å². The van der Waals surface area contributed by atoms with Crippen molar-refractivity contribution in [2.24, 2.45) is 23.7 Å². The van der Waals surface area contributed by atoms with Crippen LogP contribution in [0.1, 0.15) is 139 Å². The summed E-state index contributed by atoms with van der Waals surface area (Å²) in [5, 5.41) is 0. The van der Waals surface area contributed by atoms with Crippen LogP contribution in [-0.4, -0.2) is 18.2 Å². The summed E-state index contributed by atoms with van der Waals surface area (Å²) in [6.07, 6.45) is 11.9. The first-order valence-electron chi connectivity index (χ1n) is 17.4. The molecule has 0 amide bonds. The number of hydrogen-bond donors (Lipinski definition) is 0. The molecule has 2 saturated carbocycles. The van der Waals surface area contributed by atoms with Crippen molar-refractivity contribution >= 4 is 11.6 Å². The number of aryl methyl sites for hydroxylation is 2. The molecule has 0 saturated heterocycles. The summed E-state index contributed by atoms with van der Waals surface area (Å²) >= 11 is 0. The van der Waals surface area contributed by atoms with Crippen molar-refractivity contribution in [1.82, 2.24) is 0 Å². The molecule has 6 rings (SSSR count). The molecule has 3 aromatic carbocycles. The van der Waals surface area contributed by atoms with Crippen LogP contribution in [0.25, 0.3) is 0 Å². The molecular formula is C41H50O3. The predicted molar refractivity (Wildman–Crippen MR) is 179 cm³/mol. The molecule has 0 heterocycles. The maximum Gasteiger partial charge on any atom is 0.170 e. The minimum atomic E-state index is -0.147. The first-order valence-corrected chi connectivity index (χ1v) is 17.4. The highest BCUT2D eigenvalue weighted by atomic mass is 16.5. The number of rotatable bonds is 9. The molecule has 0 N–H and O–H groups in total. The van der Waals surface area contributed by atoms with E-state index in [2.05, 4.69) is 44.2 Å². The number of hydrogen-bond acceptors (Lipinski definition) is 3. The maximum absolute atomic E-state index is 13.6. The number of benzene rings is 3. The fraction of sp³-hybridized carbons (Fsp3) is 0.512. The quantitative estimate of drug-likeness (QED) is 0.233. The van der Waals surface area contributed by atoms with Gasteiger partial charge in [-0.1, -0.05) is 101 Å². The normalized spacial score (nSPS) is 26.5. The largest absolute Gasteiger partial charge is 0.494 e. The van der Waals surface area contributed by atoms with Gasteiger partial charge in [-0.05, 0) is 97.1 Å². The molecule has 0 radical (unpaired) electrons. The molecule has 0 aromatic heterocycles. The zero-order chi connectivity index (χ0) is 30.8. The van der Waals surface area contributed by atoms with E-state index in [4.69, 9.17) is 4.74 Å². The van der Waals surface area contributed by atoms with Crippen LogP contribution in [0, 0.1) is 23.7 Å². The molecular weight excluding hydrogens is 540 g/mol. The lowest BCUT2D eigenvalue weighted by Gasteiger charge is -2.28. The second-order valence-electron chi connectivity index (χ2n) is 14.2. The van der Waals surface area contributed by atoms with Gasteiger partial charge in [-0.25, -0.2) is 0 Å². The summed E-state index contributed by atoms with van der Waals surface area (Å²) < 4.78 is 6.11. The molecule has 4 unspecified atom stereocenters. The Balaban J connectivity index is 1.13. The average molecular weight is 591 g/mol. The number of fused-ring (bicyclic) bond motifs is 2. The first-order chi connectivity index (χ1) is 21.3. The third-order valence-corrected chi connectivity index (χ3v) is 11.2. The molecule has 0 spiro atoms. The second-order valence-corrected chi connectivity index (χ2v) is 14.2. The molecule has 2 fully saturated rings. The standard InChI is InChI=1S/C41H50O3/c1-5-44-39-25-34(41(43)33-18-15-31(23-33)22-29-12-10-26(2)11-13-29)20-19-32(39)17-14-30-16-21-36-28(4)40(42)37-9-7-6-8-35(37)27(3)38(36)24-30/h6-9,16,19-21,24-29,31,33H,5,10-15,17-18,22-23H2,1-4H3. The number of ketones is 2. The lowest BCUT2D eigenvalue weighted by molar-refractivity contribution is 0.0917. The lowest BCUT2D eigenvalue weighted by Crippen LogP contribution is -2.16. The SMILES string of the molecule is CCOc1cc(C(=O)C2CCC(CC3CCC(C)CC3)C2)ccc1CCc1ccc2c(c1)C(C)c1ccccc1C(=O)C2C. The number of Topliss-reactive ketones (excluding diaryl/α,β-unsaturated/α-hetero) is 2. The molecule has 3 nitrogen and oxygen atoms in total. The summed E-state index contributed by atoms with van der Waals surface area (Å²) in [6, 6.07) is 20.9. The Morgan fingerprint density at radius 1 is 0.773 bits per heavy atom. The Hall–Kier alpha value is -3.20. The van der Waals surface area contributed by atoms with Gasteiger partial charge >= 0.3 is 0 Å². The van der Waals surface area contributed by atoms with Crippen LogP contribution >= 0.6 is 0 Å². The van der Waals surface area contributed by atoms with Gasteiger partial charge in [0.25, 0.3) is 0 Å². The Morgan fingerprint density at radius 2 is 1.55 bits per heavy atom. The average Bonchev–Trinajstić information content (AvgIpc) is 3.49. The van der Waals surface area contributed by atoms with E-state index < -0.39 is 0 Å². The van der Waals surface area contributed by atoms with E-state index in [1.54, 1.807) is 0 Å². The van der Waals surface area contributed by atoms with E-state index in [9.17, 15) is 9.59 Å². The van der Waals surface area contributed by atoms with Crippen molar-refractivity contribution in [1.29, 1.82) is 0 Å². The zero-order valence-corrected chi connectivity index (χ0v) is 27.2. The highest BCUT2D eigenvalue weighted by Crippen LogP contribution is 2.42. The van der Waals surface area contributed by atoms with Crippen LogP contribution in [0.5, 0.6) is 5.75 Å². The minimum Gasteiger partial charge on any atom is -0.494 e. The van der Waals surface area contributed by atoms with Crippen molar-refractivity contribution in [3.63, 3.8) is 0 Å². The number of carbonyl (C=O) groups excluding carboxylic acids is 2. The van der Waals surface area contributed by atoms with Gasteiger partial charge in [0.2, 0.25) is 0 Å². The van der Waals surface area contributed by atoms with Crippen molar-refractivity contribution in [3.05, 3.63) is 99.6 Å². The van der Waals surface area contributed by atoms with E-state index in [0.717, 1.165) is 71.1 Å². The molecule has 3 aliphatic carbocycles. The topological polar surface area (TPSA) is 43.4 Å². The predicted octanol–water partition coefficient (Wildman–Crippen LogP) is 10.1. The third kappa shape index (κ3) is 6.44. The van der Waals surface area contributed by atoms with Gasteiger partial charge < -0.3 is 4.74 Å². The molecule has 4 atom stereocenters. The van der Waals surface area contributed by atoms with Gasteiger partial charge in [0.15, 0.2) is 11.6 Å². The van der Waals surface area contributed by atoms with Crippen molar-refractivity contribution in [3.8, 4) is 5.75 Å². The fourth-order valence-electron chi connectivity index (χ4n) is 8.47. The minimum absolute atomic E-state index is 0.147. The molecule has 44 heavy (non-hydrogen) atoms. The molecule has 232 valence electrons. The number of carbonyl (C=O) groups is 2. The summed E-state index contributed by atoms with van der Waals surface area (Å²) in [6.45, 7) is 9.24. The van der Waals surface area contributed by atoms with Crippen molar-refractivity contribution < 1.29 is 14.3 Å². The van der Waals surface area contributed by atoms with E-state index in [1.807, 2.05) is 44.2 Å². The zero-order valence-electron chi connectivity index (χ0n) is 27.2. The first kappa shape index (κ1) is 30.8. The van der Waals surface area contributed by atoms with Crippen LogP contribution in [0.15, 0.2) is 60.7 Å². The van der Waals surface area contributed by atoms with Gasteiger partial charge in [0, 0.05) is 28.9 Å². The van der Waals surface area contributed by atoms with Crippen LogP contribution in [0.4, 0.5) is 0 Å². The molecule has 0 aliphatic heterocycles. The molecule has 3 heteroatoms. The van der Waals surface area contributed by atoms with Crippen LogP contribution in [0.2, 0.25) is 0 Å².